The molecule has 6 nitrogen and oxygen atoms in total. The molecule has 0 spiro atoms. The predicted molar refractivity (Wildman–Crippen MR) is 113 cm³/mol. The number of carbonyl (C=O) groups excluding carboxylic acids is 1. The van der Waals surface area contributed by atoms with Crippen LogP contribution in [0.1, 0.15) is 5.56 Å². The molecular weight excluding hydrogens is 411 g/mol. The fourth-order valence-corrected chi connectivity index (χ4v) is 2.85. The molecule has 2 amide bonds. The molecule has 0 aliphatic carbocycles. The second-order valence-electron chi connectivity index (χ2n) is 5.95. The van der Waals surface area contributed by atoms with Crippen molar-refractivity contribution >= 4 is 48.1 Å². The van der Waals surface area contributed by atoms with Gasteiger partial charge in [-0.2, -0.15) is 0 Å². The van der Waals surface area contributed by atoms with Crippen molar-refractivity contribution in [2.24, 2.45) is 0 Å². The van der Waals surface area contributed by atoms with E-state index in [9.17, 15) is 4.79 Å². The van der Waals surface area contributed by atoms with Gasteiger partial charge in [0, 0.05) is 36.5 Å². The Kier molecular flexibility index (Phi) is 9.66. The number of benzene rings is 1. The Hall–Kier alpha value is -1.73. The molecule has 2 N–H and O–H groups in total. The van der Waals surface area contributed by atoms with Crippen molar-refractivity contribution in [3.05, 3.63) is 53.3 Å². The van der Waals surface area contributed by atoms with Crippen LogP contribution in [0, 0.1) is 6.92 Å². The summed E-state index contributed by atoms with van der Waals surface area (Å²) in [6, 6.07) is 8.96. The number of piperazine rings is 1. The zero-order valence-corrected chi connectivity index (χ0v) is 17.2. The van der Waals surface area contributed by atoms with Crippen LogP contribution in [0.2, 0.25) is 5.02 Å². The van der Waals surface area contributed by atoms with E-state index in [1.807, 2.05) is 31.2 Å². The van der Waals surface area contributed by atoms with Gasteiger partial charge in [0.15, 0.2) is 0 Å². The number of nitrogens with one attached hydrogen (secondary N) is 2. The minimum atomic E-state index is -0.152. The third-order valence-electron chi connectivity index (χ3n) is 4.11. The van der Waals surface area contributed by atoms with Gasteiger partial charge < -0.3 is 20.3 Å². The quantitative estimate of drug-likeness (QED) is 0.770. The molecule has 1 saturated heterocycles. The van der Waals surface area contributed by atoms with Crippen LogP contribution in [-0.4, -0.2) is 48.2 Å². The standard InChI is InChI=1S/C18H21ClN4O2.2ClH/c1-13-4-5-14(9-17(13)19)22-18(24)23-8-7-21-10-15(23)12-25-16-3-2-6-20-11-16;;/h2-6,9,11,15,21H,7-8,10,12H2,1H3,(H,22,24);2*1H. The second kappa shape index (κ2) is 11.2. The van der Waals surface area contributed by atoms with E-state index in [0.29, 0.717) is 36.2 Å². The number of anilines is 1. The summed E-state index contributed by atoms with van der Waals surface area (Å²) in [5.74, 6) is 0.693. The molecule has 1 aliphatic heterocycles. The van der Waals surface area contributed by atoms with Crippen LogP contribution in [0.15, 0.2) is 42.7 Å². The van der Waals surface area contributed by atoms with Crippen LogP contribution >= 0.6 is 36.4 Å². The lowest BCUT2D eigenvalue weighted by Crippen LogP contribution is -2.57. The topological polar surface area (TPSA) is 66.5 Å². The Morgan fingerprint density at radius 1 is 1.41 bits per heavy atom. The predicted octanol–water partition coefficient (Wildman–Crippen LogP) is 3.77. The summed E-state index contributed by atoms with van der Waals surface area (Å²) in [6.07, 6.45) is 3.36. The van der Waals surface area contributed by atoms with Gasteiger partial charge in [-0.3, -0.25) is 4.98 Å². The lowest BCUT2D eigenvalue weighted by atomic mass is 10.2. The first-order valence-electron chi connectivity index (χ1n) is 8.21. The van der Waals surface area contributed by atoms with Crippen molar-refractivity contribution in [1.29, 1.82) is 0 Å². The minimum Gasteiger partial charge on any atom is -0.490 e. The van der Waals surface area contributed by atoms with E-state index in [2.05, 4.69) is 15.6 Å². The Morgan fingerprint density at radius 2 is 2.22 bits per heavy atom. The smallest absolute Gasteiger partial charge is 0.322 e. The molecule has 0 saturated carbocycles. The fraction of sp³-hybridized carbons (Fsp3) is 0.333. The third kappa shape index (κ3) is 6.43. The lowest BCUT2D eigenvalue weighted by Gasteiger charge is -2.35. The van der Waals surface area contributed by atoms with Gasteiger partial charge in [0.25, 0.3) is 0 Å². The first kappa shape index (κ1) is 23.3. The van der Waals surface area contributed by atoms with Crippen LogP contribution < -0.4 is 15.4 Å². The van der Waals surface area contributed by atoms with Crippen LogP contribution in [0.3, 0.4) is 0 Å². The van der Waals surface area contributed by atoms with Gasteiger partial charge in [-0.05, 0) is 36.8 Å². The summed E-state index contributed by atoms with van der Waals surface area (Å²) in [4.78, 5) is 18.5. The fourth-order valence-electron chi connectivity index (χ4n) is 2.67. The molecule has 2 aromatic rings. The summed E-state index contributed by atoms with van der Waals surface area (Å²) in [5, 5.41) is 6.85. The van der Waals surface area contributed by atoms with E-state index in [4.69, 9.17) is 16.3 Å². The minimum absolute atomic E-state index is 0. The maximum Gasteiger partial charge on any atom is 0.322 e. The van der Waals surface area contributed by atoms with Crippen molar-refractivity contribution in [1.82, 2.24) is 15.2 Å². The van der Waals surface area contributed by atoms with Crippen LogP contribution in [0.25, 0.3) is 0 Å². The number of urea groups is 1. The van der Waals surface area contributed by atoms with E-state index < -0.39 is 0 Å². The van der Waals surface area contributed by atoms with Crippen LogP contribution in [0.5, 0.6) is 5.75 Å². The molecule has 1 aromatic carbocycles. The summed E-state index contributed by atoms with van der Waals surface area (Å²) in [6.45, 7) is 4.39. The molecule has 1 atom stereocenters. The monoisotopic (exact) mass is 432 g/mol. The molecule has 1 aromatic heterocycles. The van der Waals surface area contributed by atoms with E-state index in [1.54, 1.807) is 23.4 Å². The van der Waals surface area contributed by atoms with E-state index in [0.717, 1.165) is 12.1 Å². The zero-order chi connectivity index (χ0) is 17.6. The molecule has 1 fully saturated rings. The number of rotatable bonds is 4. The number of pyridine rings is 1. The van der Waals surface area contributed by atoms with Gasteiger partial charge in [0.2, 0.25) is 0 Å². The summed E-state index contributed by atoms with van der Waals surface area (Å²) in [7, 11) is 0. The van der Waals surface area contributed by atoms with Gasteiger partial charge >= 0.3 is 6.03 Å². The van der Waals surface area contributed by atoms with Gasteiger partial charge in [-0.25, -0.2) is 4.79 Å². The summed E-state index contributed by atoms with van der Waals surface area (Å²) < 4.78 is 5.77. The van der Waals surface area contributed by atoms with E-state index in [-0.39, 0.29) is 36.9 Å². The van der Waals surface area contributed by atoms with Crippen molar-refractivity contribution in [3.8, 4) is 5.75 Å². The normalized spacial score (nSPS) is 15.9. The average Bonchev–Trinajstić information content (AvgIpc) is 2.64. The maximum absolute atomic E-state index is 12.7. The highest BCUT2D eigenvalue weighted by Crippen LogP contribution is 2.20. The molecule has 1 aliphatic rings. The zero-order valence-electron chi connectivity index (χ0n) is 14.9. The number of halogens is 3. The molecular formula is C18H23Cl3N4O2. The van der Waals surface area contributed by atoms with Gasteiger partial charge in [0.05, 0.1) is 12.2 Å². The van der Waals surface area contributed by atoms with Crippen molar-refractivity contribution in [2.75, 3.05) is 31.6 Å². The first-order valence-corrected chi connectivity index (χ1v) is 8.58. The molecule has 9 heteroatoms. The van der Waals surface area contributed by atoms with Crippen LogP contribution in [0.4, 0.5) is 10.5 Å². The van der Waals surface area contributed by atoms with Gasteiger partial charge in [0.1, 0.15) is 12.4 Å². The Bertz CT molecular complexity index is 734. The van der Waals surface area contributed by atoms with E-state index in [1.165, 1.54) is 0 Å². The number of aromatic nitrogens is 1. The molecule has 1 unspecified atom stereocenters. The number of aryl methyl sites for hydroxylation is 1. The number of hydrogen-bond acceptors (Lipinski definition) is 4. The second-order valence-corrected chi connectivity index (χ2v) is 6.35. The largest absolute Gasteiger partial charge is 0.490 e. The van der Waals surface area contributed by atoms with Crippen molar-refractivity contribution in [3.63, 3.8) is 0 Å². The molecule has 2 heterocycles. The summed E-state index contributed by atoms with van der Waals surface area (Å²) in [5.41, 5.74) is 1.66. The maximum atomic E-state index is 12.7. The molecule has 27 heavy (non-hydrogen) atoms. The number of hydrogen-bond donors (Lipinski definition) is 2. The molecule has 3 rings (SSSR count). The summed E-state index contributed by atoms with van der Waals surface area (Å²) >= 11 is 6.13. The van der Waals surface area contributed by atoms with Crippen molar-refractivity contribution in [2.45, 2.75) is 13.0 Å². The Labute approximate surface area is 176 Å². The number of nitrogens with zero attached hydrogens (tertiary/aromatic N) is 2. The van der Waals surface area contributed by atoms with Crippen molar-refractivity contribution < 1.29 is 9.53 Å². The average molecular weight is 434 g/mol. The SMILES string of the molecule is Cc1ccc(NC(=O)N2CCNCC2COc2cccnc2)cc1Cl.Cl.Cl. The molecule has 0 bridgehead atoms. The highest BCUT2D eigenvalue weighted by Gasteiger charge is 2.27. The number of amides is 2. The Morgan fingerprint density at radius 3 is 2.93 bits per heavy atom. The lowest BCUT2D eigenvalue weighted by molar-refractivity contribution is 0.133. The number of carbonyl (C=O) groups is 1. The molecule has 148 valence electrons. The van der Waals surface area contributed by atoms with Gasteiger partial charge in [-0.15, -0.1) is 24.8 Å². The van der Waals surface area contributed by atoms with Gasteiger partial charge in [-0.1, -0.05) is 17.7 Å². The van der Waals surface area contributed by atoms with Crippen LogP contribution in [-0.2, 0) is 0 Å². The number of ether oxygens (including phenoxy) is 1. The Balaban J connectivity index is 0.00000182. The van der Waals surface area contributed by atoms with E-state index >= 15 is 0 Å². The first-order chi connectivity index (χ1) is 12.1. The highest BCUT2D eigenvalue weighted by atomic mass is 35.5. The highest BCUT2D eigenvalue weighted by molar-refractivity contribution is 6.31. The molecule has 0 radical (unpaired) electrons. The third-order valence-corrected chi connectivity index (χ3v) is 4.52.